The number of hydrogen-bond acceptors (Lipinski definition) is 9. The van der Waals surface area contributed by atoms with Crippen LogP contribution in [0.15, 0.2) is 53.8 Å². The molecule has 3 aromatic rings. The van der Waals surface area contributed by atoms with Gasteiger partial charge in [0.1, 0.15) is 0 Å². The smallest absolute Gasteiger partial charge is 0.242 e. The van der Waals surface area contributed by atoms with Crippen molar-refractivity contribution in [1.29, 1.82) is 0 Å². The number of fused-ring (bicyclic) bond motifs is 2. The van der Waals surface area contributed by atoms with E-state index in [1.165, 1.54) is 7.05 Å². The van der Waals surface area contributed by atoms with E-state index in [-0.39, 0.29) is 23.5 Å². The van der Waals surface area contributed by atoms with E-state index >= 15 is 0 Å². The average molecular weight is 512 g/mol. The first-order chi connectivity index (χ1) is 17.0. The molecule has 2 aliphatic heterocycles. The molecule has 1 saturated heterocycles. The molecule has 4 heterocycles. The highest BCUT2D eigenvalue weighted by Gasteiger charge is 2.49. The van der Waals surface area contributed by atoms with Crippen molar-refractivity contribution in [2.45, 2.75) is 29.8 Å². The van der Waals surface area contributed by atoms with Gasteiger partial charge in [-0.05, 0) is 49.2 Å². The molecule has 1 spiro atoms. The first-order valence-electron chi connectivity index (χ1n) is 11.6. The zero-order valence-electron chi connectivity index (χ0n) is 20.4. The zero-order chi connectivity index (χ0) is 25.7. The Morgan fingerprint density at radius 2 is 1.86 bits per heavy atom. The minimum Gasteiger partial charge on any atom is -0.395 e. The van der Waals surface area contributed by atoms with Crippen molar-refractivity contribution in [2.24, 2.45) is 0 Å². The molecule has 5 rings (SSSR count). The van der Waals surface area contributed by atoms with E-state index in [1.807, 2.05) is 17.0 Å². The Labute approximate surface area is 210 Å². The van der Waals surface area contributed by atoms with E-state index in [4.69, 9.17) is 4.74 Å². The van der Waals surface area contributed by atoms with Gasteiger partial charge in [-0.15, -0.1) is 0 Å². The molecule has 0 atom stereocenters. The molecule has 11 heteroatoms. The van der Waals surface area contributed by atoms with Crippen LogP contribution in [0.4, 0.5) is 11.6 Å². The third kappa shape index (κ3) is 4.16. The second kappa shape index (κ2) is 8.86. The first-order valence-corrected chi connectivity index (χ1v) is 13.1. The number of aromatic nitrogens is 3. The summed E-state index contributed by atoms with van der Waals surface area (Å²) in [6.07, 6.45) is 5.00. The van der Waals surface area contributed by atoms with Crippen LogP contribution in [0.3, 0.4) is 0 Å². The van der Waals surface area contributed by atoms with Gasteiger partial charge in [-0.3, -0.25) is 4.98 Å². The van der Waals surface area contributed by atoms with Gasteiger partial charge in [-0.1, -0.05) is 6.07 Å². The minimum atomic E-state index is -3.77. The number of aliphatic hydroxyl groups excluding tert-OH is 1. The maximum Gasteiger partial charge on any atom is 0.242 e. The van der Waals surface area contributed by atoms with Gasteiger partial charge in [0, 0.05) is 50.0 Å². The molecule has 0 amide bonds. The van der Waals surface area contributed by atoms with Crippen LogP contribution in [0, 0.1) is 0 Å². The van der Waals surface area contributed by atoms with Gasteiger partial charge in [0.15, 0.2) is 0 Å². The van der Waals surface area contributed by atoms with Crippen molar-refractivity contribution < 1.29 is 23.4 Å². The van der Waals surface area contributed by atoms with Crippen LogP contribution in [0.2, 0.25) is 0 Å². The standard InChI is InChI=1S/C25H29N5O5S/c1-24(2,32)18-6-7-26-21(10-18)17-12-27-23(28-13-17)30-14-25(15-35-16-25)20-5-4-19(11-22(20)30)36(33,34)29(3)8-9-31/h4-7,10-13,31-32H,8-9,14-16H2,1-3H3. The van der Waals surface area contributed by atoms with Crippen LogP contribution in [0.5, 0.6) is 0 Å². The fourth-order valence-corrected chi connectivity index (χ4v) is 5.78. The topological polar surface area (TPSA) is 129 Å². The van der Waals surface area contributed by atoms with Crippen LogP contribution < -0.4 is 4.90 Å². The quantitative estimate of drug-likeness (QED) is 0.488. The summed E-state index contributed by atoms with van der Waals surface area (Å²) in [6.45, 7) is 4.83. The summed E-state index contributed by atoms with van der Waals surface area (Å²) in [5, 5.41) is 19.5. The molecule has 0 bridgehead atoms. The lowest BCUT2D eigenvalue weighted by Gasteiger charge is -2.38. The molecular weight excluding hydrogens is 482 g/mol. The minimum absolute atomic E-state index is 0.00812. The Kier molecular flexibility index (Phi) is 6.08. The molecule has 2 aliphatic rings. The van der Waals surface area contributed by atoms with Crippen molar-refractivity contribution in [2.75, 3.05) is 44.9 Å². The lowest BCUT2D eigenvalue weighted by molar-refractivity contribution is -0.0507. The van der Waals surface area contributed by atoms with Crippen LogP contribution >= 0.6 is 0 Å². The Morgan fingerprint density at radius 1 is 1.14 bits per heavy atom. The van der Waals surface area contributed by atoms with E-state index in [9.17, 15) is 18.6 Å². The molecule has 1 aromatic carbocycles. The summed E-state index contributed by atoms with van der Waals surface area (Å²) in [5.74, 6) is 0.445. The van der Waals surface area contributed by atoms with E-state index in [0.717, 1.165) is 21.1 Å². The molecule has 1 fully saturated rings. The molecule has 10 nitrogen and oxygen atoms in total. The molecule has 2 aromatic heterocycles. The van der Waals surface area contributed by atoms with Gasteiger partial charge in [-0.25, -0.2) is 18.4 Å². The monoisotopic (exact) mass is 511 g/mol. The molecule has 2 N–H and O–H groups in total. The Morgan fingerprint density at radius 3 is 2.47 bits per heavy atom. The zero-order valence-corrected chi connectivity index (χ0v) is 21.2. The average Bonchev–Trinajstić information content (AvgIpc) is 3.19. The van der Waals surface area contributed by atoms with Crippen molar-refractivity contribution in [3.05, 3.63) is 60.0 Å². The van der Waals surface area contributed by atoms with Gasteiger partial charge in [-0.2, -0.15) is 4.31 Å². The highest BCUT2D eigenvalue weighted by molar-refractivity contribution is 7.89. The largest absolute Gasteiger partial charge is 0.395 e. The predicted molar refractivity (Wildman–Crippen MR) is 133 cm³/mol. The Bertz CT molecular complexity index is 1380. The second-order valence-corrected chi connectivity index (χ2v) is 11.9. The van der Waals surface area contributed by atoms with Crippen LogP contribution in [0.1, 0.15) is 25.0 Å². The summed E-state index contributed by atoms with van der Waals surface area (Å²) in [6, 6.07) is 8.68. The third-order valence-corrected chi connectivity index (χ3v) is 8.67. The summed E-state index contributed by atoms with van der Waals surface area (Å²) in [4.78, 5) is 15.6. The molecule has 0 radical (unpaired) electrons. The number of rotatable bonds is 7. The van der Waals surface area contributed by atoms with Gasteiger partial charge in [0.2, 0.25) is 16.0 Å². The van der Waals surface area contributed by atoms with E-state index in [1.54, 1.807) is 50.6 Å². The summed E-state index contributed by atoms with van der Waals surface area (Å²) in [5.41, 5.74) is 2.58. The number of benzene rings is 1. The number of nitrogens with zero attached hydrogens (tertiary/aromatic N) is 5. The number of likely N-dealkylation sites (N-methyl/N-ethyl adjacent to an activating group) is 1. The summed E-state index contributed by atoms with van der Waals surface area (Å²) < 4.78 is 32.7. The maximum absolute atomic E-state index is 13.0. The number of anilines is 2. The highest BCUT2D eigenvalue weighted by atomic mass is 32.2. The van der Waals surface area contributed by atoms with E-state index < -0.39 is 15.6 Å². The second-order valence-electron chi connectivity index (χ2n) is 9.85. The number of sulfonamides is 1. The molecule has 190 valence electrons. The van der Waals surface area contributed by atoms with Gasteiger partial charge in [0.05, 0.1) is 41.4 Å². The van der Waals surface area contributed by atoms with Crippen molar-refractivity contribution in [3.8, 4) is 11.3 Å². The van der Waals surface area contributed by atoms with Gasteiger partial charge in [0.25, 0.3) is 0 Å². The van der Waals surface area contributed by atoms with Gasteiger partial charge >= 0.3 is 0 Å². The molecule has 0 aliphatic carbocycles. The molecule has 36 heavy (non-hydrogen) atoms. The van der Waals surface area contributed by atoms with E-state index in [0.29, 0.717) is 37.0 Å². The van der Waals surface area contributed by atoms with Crippen LogP contribution in [0.25, 0.3) is 11.3 Å². The Balaban J connectivity index is 1.50. The van der Waals surface area contributed by atoms with Crippen molar-refractivity contribution >= 4 is 21.7 Å². The number of aliphatic hydroxyl groups is 2. The summed E-state index contributed by atoms with van der Waals surface area (Å²) >= 11 is 0. The number of pyridine rings is 1. The fraction of sp³-hybridized carbons (Fsp3) is 0.400. The summed E-state index contributed by atoms with van der Waals surface area (Å²) in [7, 11) is -2.32. The van der Waals surface area contributed by atoms with Crippen molar-refractivity contribution in [1.82, 2.24) is 19.3 Å². The lowest BCUT2D eigenvalue weighted by Crippen LogP contribution is -2.49. The van der Waals surface area contributed by atoms with E-state index in [2.05, 4.69) is 15.0 Å². The third-order valence-electron chi connectivity index (χ3n) is 6.81. The predicted octanol–water partition coefficient (Wildman–Crippen LogP) is 1.80. The highest BCUT2D eigenvalue weighted by Crippen LogP contribution is 2.48. The fourth-order valence-electron chi connectivity index (χ4n) is 4.59. The molecule has 0 unspecified atom stereocenters. The SMILES string of the molecule is CN(CCO)S(=O)(=O)c1ccc2c(c1)N(c1ncc(-c3cc(C(C)(C)O)ccn3)cn1)CC21COC1. The number of ether oxygens (including phenoxy) is 1. The van der Waals surface area contributed by atoms with Crippen LogP contribution in [-0.2, 0) is 25.8 Å². The maximum atomic E-state index is 13.0. The van der Waals surface area contributed by atoms with Gasteiger partial charge < -0.3 is 19.8 Å². The number of hydrogen-bond donors (Lipinski definition) is 2. The first kappa shape index (κ1) is 24.7. The molecular formula is C25H29N5O5S. The molecule has 0 saturated carbocycles. The van der Waals surface area contributed by atoms with Crippen molar-refractivity contribution in [3.63, 3.8) is 0 Å². The Hall–Kier alpha value is -2.96. The lowest BCUT2D eigenvalue weighted by atomic mass is 9.81. The van der Waals surface area contributed by atoms with Crippen LogP contribution in [-0.4, -0.2) is 77.8 Å². The normalized spacial score (nSPS) is 16.9.